The van der Waals surface area contributed by atoms with Gasteiger partial charge >= 0.3 is 0 Å². The first kappa shape index (κ1) is 8.93. The molecule has 78 valence electrons. The summed E-state index contributed by atoms with van der Waals surface area (Å²) < 4.78 is 0. The second-order valence-corrected chi connectivity index (χ2v) is 5.19. The van der Waals surface area contributed by atoms with Crippen molar-refractivity contribution < 1.29 is 10.2 Å². The normalized spacial score (nSPS) is 49.6. The molecule has 2 saturated carbocycles. The summed E-state index contributed by atoms with van der Waals surface area (Å²) in [6.07, 6.45) is 6.03. The second kappa shape index (κ2) is 3.07. The zero-order valence-electron chi connectivity index (χ0n) is 8.39. The van der Waals surface area contributed by atoms with Crippen LogP contribution in [0.15, 0.2) is 11.6 Å². The van der Waals surface area contributed by atoms with E-state index in [2.05, 4.69) is 6.08 Å². The molecule has 0 saturated heterocycles. The molecule has 14 heavy (non-hydrogen) atoms. The highest BCUT2D eigenvalue weighted by Crippen LogP contribution is 2.59. The summed E-state index contributed by atoms with van der Waals surface area (Å²) in [5.41, 5.74) is 1.63. The molecule has 5 atom stereocenters. The van der Waals surface area contributed by atoms with Crippen LogP contribution in [0.4, 0.5) is 0 Å². The zero-order valence-corrected chi connectivity index (χ0v) is 8.39. The van der Waals surface area contributed by atoms with Crippen LogP contribution < -0.4 is 0 Å². The van der Waals surface area contributed by atoms with Gasteiger partial charge in [0.15, 0.2) is 0 Å². The summed E-state index contributed by atoms with van der Waals surface area (Å²) in [5, 5.41) is 18.7. The first-order valence-corrected chi connectivity index (χ1v) is 5.75. The van der Waals surface area contributed by atoms with Crippen molar-refractivity contribution in [2.45, 2.75) is 19.3 Å². The fraction of sp³-hybridized carbons (Fsp3) is 0.833. The molecule has 3 rings (SSSR count). The fourth-order valence-corrected chi connectivity index (χ4v) is 4.20. The molecule has 0 amide bonds. The third-order valence-corrected chi connectivity index (χ3v) is 4.77. The third-order valence-electron chi connectivity index (χ3n) is 4.77. The maximum Gasteiger partial charge on any atom is 0.0465 e. The maximum absolute atomic E-state index is 9.41. The van der Waals surface area contributed by atoms with Crippen molar-refractivity contribution in [2.24, 2.45) is 29.6 Å². The first-order chi connectivity index (χ1) is 6.85. The molecular formula is C12H18O2. The van der Waals surface area contributed by atoms with Crippen LogP contribution in [-0.2, 0) is 0 Å². The Morgan fingerprint density at radius 1 is 1.29 bits per heavy atom. The van der Waals surface area contributed by atoms with E-state index in [1.165, 1.54) is 12.8 Å². The molecule has 0 radical (unpaired) electrons. The van der Waals surface area contributed by atoms with Gasteiger partial charge < -0.3 is 10.2 Å². The second-order valence-electron chi connectivity index (χ2n) is 5.19. The Hall–Kier alpha value is -0.340. The van der Waals surface area contributed by atoms with Crippen molar-refractivity contribution in [3.05, 3.63) is 11.6 Å². The highest BCUT2D eigenvalue weighted by Gasteiger charge is 2.52. The van der Waals surface area contributed by atoms with Gasteiger partial charge in [-0.05, 0) is 48.9 Å². The van der Waals surface area contributed by atoms with E-state index in [0.29, 0.717) is 23.7 Å². The van der Waals surface area contributed by atoms with Gasteiger partial charge in [0, 0.05) is 13.2 Å². The number of rotatable bonds is 2. The minimum atomic E-state index is 0.262. The SMILES string of the molecule is OCC1CC2C3=CCC(C3)C2C1CO. The molecule has 3 aliphatic rings. The average molecular weight is 194 g/mol. The van der Waals surface area contributed by atoms with Gasteiger partial charge in [-0.2, -0.15) is 0 Å². The van der Waals surface area contributed by atoms with E-state index in [1.54, 1.807) is 5.57 Å². The van der Waals surface area contributed by atoms with E-state index in [0.717, 1.165) is 12.3 Å². The van der Waals surface area contributed by atoms with Crippen molar-refractivity contribution in [1.82, 2.24) is 0 Å². The third kappa shape index (κ3) is 0.986. The van der Waals surface area contributed by atoms with Crippen molar-refractivity contribution in [2.75, 3.05) is 13.2 Å². The standard InChI is InChI=1S/C12H18O2/c13-5-9-4-10-7-1-2-8(3-7)12(10)11(9)6-14/h1,8-14H,2-6H2. The number of aliphatic hydroxyl groups is 2. The maximum atomic E-state index is 9.41. The van der Waals surface area contributed by atoms with Crippen molar-refractivity contribution in [3.8, 4) is 0 Å². The number of hydrogen-bond donors (Lipinski definition) is 2. The molecule has 0 aromatic carbocycles. The molecule has 2 heteroatoms. The fourth-order valence-electron chi connectivity index (χ4n) is 4.20. The van der Waals surface area contributed by atoms with Crippen LogP contribution in [0.5, 0.6) is 0 Å². The number of hydrogen-bond acceptors (Lipinski definition) is 2. The predicted octanol–water partition coefficient (Wildman–Crippen LogP) is 1.19. The summed E-state index contributed by atoms with van der Waals surface area (Å²) in [7, 11) is 0. The summed E-state index contributed by atoms with van der Waals surface area (Å²) in [5.74, 6) is 2.93. The van der Waals surface area contributed by atoms with Gasteiger partial charge in [-0.3, -0.25) is 0 Å². The number of allylic oxidation sites excluding steroid dienone is 2. The minimum absolute atomic E-state index is 0.262. The molecule has 3 aliphatic carbocycles. The first-order valence-electron chi connectivity index (χ1n) is 5.75. The zero-order chi connectivity index (χ0) is 9.71. The van der Waals surface area contributed by atoms with Crippen molar-refractivity contribution in [1.29, 1.82) is 0 Å². The molecule has 0 spiro atoms. The summed E-state index contributed by atoms with van der Waals surface area (Å²) in [6, 6.07) is 0. The summed E-state index contributed by atoms with van der Waals surface area (Å²) in [6.45, 7) is 0.536. The van der Waals surface area contributed by atoms with Gasteiger partial charge in [0.2, 0.25) is 0 Å². The Morgan fingerprint density at radius 2 is 2.14 bits per heavy atom. The molecule has 0 aliphatic heterocycles. The molecule has 0 aromatic heterocycles. The summed E-state index contributed by atoms with van der Waals surface area (Å²) >= 11 is 0. The molecule has 0 aromatic rings. The molecule has 5 unspecified atom stereocenters. The Labute approximate surface area is 84.6 Å². The molecule has 2 nitrogen and oxygen atoms in total. The highest BCUT2D eigenvalue weighted by molar-refractivity contribution is 5.25. The lowest BCUT2D eigenvalue weighted by atomic mass is 9.80. The minimum Gasteiger partial charge on any atom is -0.396 e. The lowest BCUT2D eigenvalue weighted by Gasteiger charge is -2.26. The van der Waals surface area contributed by atoms with Gasteiger partial charge in [0.1, 0.15) is 0 Å². The van der Waals surface area contributed by atoms with Crippen molar-refractivity contribution in [3.63, 3.8) is 0 Å². The van der Waals surface area contributed by atoms with E-state index in [4.69, 9.17) is 0 Å². The monoisotopic (exact) mass is 194 g/mol. The van der Waals surface area contributed by atoms with Crippen LogP contribution in [0, 0.1) is 29.6 Å². The highest BCUT2D eigenvalue weighted by atomic mass is 16.3. The van der Waals surface area contributed by atoms with Crippen LogP contribution in [0.2, 0.25) is 0 Å². The van der Waals surface area contributed by atoms with Crippen LogP contribution in [-0.4, -0.2) is 23.4 Å². The smallest absolute Gasteiger partial charge is 0.0465 e. The lowest BCUT2D eigenvalue weighted by molar-refractivity contribution is 0.101. The predicted molar refractivity (Wildman–Crippen MR) is 53.6 cm³/mol. The van der Waals surface area contributed by atoms with Crippen LogP contribution >= 0.6 is 0 Å². The quantitative estimate of drug-likeness (QED) is 0.648. The van der Waals surface area contributed by atoms with E-state index in [9.17, 15) is 10.2 Å². The molecule has 2 fully saturated rings. The van der Waals surface area contributed by atoms with Gasteiger partial charge in [0.25, 0.3) is 0 Å². The van der Waals surface area contributed by atoms with Gasteiger partial charge in [-0.15, -0.1) is 0 Å². The van der Waals surface area contributed by atoms with Crippen molar-refractivity contribution >= 4 is 0 Å². The topological polar surface area (TPSA) is 40.5 Å². The molecule has 0 heterocycles. The number of aliphatic hydroxyl groups excluding tert-OH is 2. The molecule has 2 N–H and O–H groups in total. The van der Waals surface area contributed by atoms with Gasteiger partial charge in [0.05, 0.1) is 0 Å². The van der Waals surface area contributed by atoms with Gasteiger partial charge in [-0.25, -0.2) is 0 Å². The van der Waals surface area contributed by atoms with E-state index in [1.807, 2.05) is 0 Å². The Bertz CT molecular complexity index is 271. The van der Waals surface area contributed by atoms with Gasteiger partial charge in [-0.1, -0.05) is 11.6 Å². The Morgan fingerprint density at radius 3 is 2.86 bits per heavy atom. The van der Waals surface area contributed by atoms with E-state index in [-0.39, 0.29) is 13.2 Å². The summed E-state index contributed by atoms with van der Waals surface area (Å²) in [4.78, 5) is 0. The molecular weight excluding hydrogens is 176 g/mol. The Balaban J connectivity index is 1.88. The van der Waals surface area contributed by atoms with Crippen LogP contribution in [0.3, 0.4) is 0 Å². The number of fused-ring (bicyclic) bond motifs is 5. The van der Waals surface area contributed by atoms with Crippen LogP contribution in [0.1, 0.15) is 19.3 Å². The largest absolute Gasteiger partial charge is 0.396 e. The Kier molecular flexibility index (Phi) is 1.96. The molecule has 2 bridgehead atoms. The van der Waals surface area contributed by atoms with E-state index >= 15 is 0 Å². The lowest BCUT2D eigenvalue weighted by Crippen LogP contribution is -2.26. The van der Waals surface area contributed by atoms with E-state index < -0.39 is 0 Å². The van der Waals surface area contributed by atoms with Crippen LogP contribution in [0.25, 0.3) is 0 Å². The average Bonchev–Trinajstić information content (AvgIpc) is 2.87.